The molecule has 0 amide bonds. The van der Waals surface area contributed by atoms with Gasteiger partial charge in [-0.25, -0.2) is 0 Å². The molecule has 0 fully saturated rings. The molecule has 1 aromatic rings. The lowest BCUT2D eigenvalue weighted by molar-refractivity contribution is 0.916. The Hall–Kier alpha value is 0.0500. The molecule has 2 heteroatoms. The van der Waals surface area contributed by atoms with Crippen molar-refractivity contribution in [3.63, 3.8) is 0 Å². The fraction of sp³-hybridized carbons (Fsp3) is 0.556. The Morgan fingerprint density at radius 2 is 2.27 bits per heavy atom. The van der Waals surface area contributed by atoms with Crippen LogP contribution in [0.3, 0.4) is 0 Å². The van der Waals surface area contributed by atoms with Crippen LogP contribution in [0.5, 0.6) is 0 Å². The van der Waals surface area contributed by atoms with Crippen molar-refractivity contribution >= 4 is 23.1 Å². The van der Waals surface area contributed by atoms with Crippen LogP contribution in [0.15, 0.2) is 12.1 Å². The summed E-state index contributed by atoms with van der Waals surface area (Å²) in [7, 11) is 0. The molecule has 11 heavy (non-hydrogen) atoms. The summed E-state index contributed by atoms with van der Waals surface area (Å²) in [5.41, 5.74) is 0. The standard InChI is InChI=1S/C9H14S2/c1-4-8(10-3)9-6-5-7(2)11-9/h5-6,8H,4H2,1-3H3. The largest absolute Gasteiger partial charge is 0.156 e. The zero-order chi connectivity index (χ0) is 8.27. The van der Waals surface area contributed by atoms with Crippen LogP contribution in [-0.4, -0.2) is 6.26 Å². The fourth-order valence-electron chi connectivity index (χ4n) is 1.11. The van der Waals surface area contributed by atoms with Gasteiger partial charge in [-0.05, 0) is 31.7 Å². The molecule has 0 nitrogen and oxygen atoms in total. The van der Waals surface area contributed by atoms with E-state index in [0.29, 0.717) is 5.25 Å². The maximum atomic E-state index is 2.25. The van der Waals surface area contributed by atoms with E-state index in [1.54, 1.807) is 0 Å². The first-order valence-corrected chi connectivity index (χ1v) is 5.97. The highest BCUT2D eigenvalue weighted by atomic mass is 32.2. The summed E-state index contributed by atoms with van der Waals surface area (Å²) in [5, 5.41) is 0.716. The van der Waals surface area contributed by atoms with Crippen LogP contribution in [0.4, 0.5) is 0 Å². The van der Waals surface area contributed by atoms with Gasteiger partial charge in [0, 0.05) is 15.0 Å². The molecular formula is C9H14S2. The van der Waals surface area contributed by atoms with Crippen molar-refractivity contribution in [2.45, 2.75) is 25.5 Å². The molecule has 0 aromatic carbocycles. The van der Waals surface area contributed by atoms with Gasteiger partial charge in [0.1, 0.15) is 0 Å². The predicted molar refractivity (Wildman–Crippen MR) is 55.6 cm³/mol. The van der Waals surface area contributed by atoms with Crippen molar-refractivity contribution < 1.29 is 0 Å². The van der Waals surface area contributed by atoms with Gasteiger partial charge < -0.3 is 0 Å². The molecule has 0 aliphatic heterocycles. The second-order valence-corrected chi connectivity index (χ2v) is 4.94. The molecule has 0 saturated carbocycles. The van der Waals surface area contributed by atoms with Crippen LogP contribution in [-0.2, 0) is 0 Å². The maximum Gasteiger partial charge on any atom is 0.0385 e. The third-order valence-electron chi connectivity index (χ3n) is 1.73. The Morgan fingerprint density at radius 1 is 1.55 bits per heavy atom. The van der Waals surface area contributed by atoms with Gasteiger partial charge in [-0.3, -0.25) is 0 Å². The lowest BCUT2D eigenvalue weighted by Crippen LogP contribution is -1.85. The van der Waals surface area contributed by atoms with E-state index in [1.807, 2.05) is 23.1 Å². The van der Waals surface area contributed by atoms with Crippen molar-refractivity contribution in [1.82, 2.24) is 0 Å². The first-order valence-electron chi connectivity index (χ1n) is 3.87. The van der Waals surface area contributed by atoms with Gasteiger partial charge >= 0.3 is 0 Å². The van der Waals surface area contributed by atoms with Crippen molar-refractivity contribution in [2.75, 3.05) is 6.26 Å². The summed E-state index contributed by atoms with van der Waals surface area (Å²) in [6.45, 7) is 4.41. The molecule has 1 heterocycles. The van der Waals surface area contributed by atoms with Crippen LogP contribution in [0.25, 0.3) is 0 Å². The lowest BCUT2D eigenvalue weighted by atomic mass is 10.3. The smallest absolute Gasteiger partial charge is 0.0385 e. The number of thiophene rings is 1. The summed E-state index contributed by atoms with van der Waals surface area (Å²) in [4.78, 5) is 2.95. The second-order valence-electron chi connectivity index (χ2n) is 2.58. The molecule has 0 aliphatic carbocycles. The van der Waals surface area contributed by atoms with E-state index in [4.69, 9.17) is 0 Å². The number of hydrogen-bond donors (Lipinski definition) is 0. The third kappa shape index (κ3) is 2.24. The van der Waals surface area contributed by atoms with Gasteiger partial charge in [0.2, 0.25) is 0 Å². The number of thioether (sulfide) groups is 1. The zero-order valence-corrected chi connectivity index (χ0v) is 8.89. The Balaban J connectivity index is 2.73. The van der Waals surface area contributed by atoms with Gasteiger partial charge in [-0.2, -0.15) is 11.8 Å². The Labute approximate surface area is 77.0 Å². The molecule has 0 spiro atoms. The van der Waals surface area contributed by atoms with Gasteiger partial charge in [0.25, 0.3) is 0 Å². The minimum atomic E-state index is 0.716. The Bertz CT molecular complexity index is 211. The molecule has 1 aromatic heterocycles. The minimum absolute atomic E-state index is 0.716. The molecule has 1 unspecified atom stereocenters. The first kappa shape index (κ1) is 9.14. The minimum Gasteiger partial charge on any atom is -0.156 e. The third-order valence-corrected chi connectivity index (χ3v) is 4.15. The molecule has 0 N–H and O–H groups in total. The molecule has 1 rings (SSSR count). The lowest BCUT2D eigenvalue weighted by Gasteiger charge is -2.07. The van der Waals surface area contributed by atoms with E-state index in [-0.39, 0.29) is 0 Å². The van der Waals surface area contributed by atoms with E-state index in [2.05, 4.69) is 32.2 Å². The van der Waals surface area contributed by atoms with E-state index in [0.717, 1.165) is 0 Å². The van der Waals surface area contributed by atoms with Crippen LogP contribution in [0, 0.1) is 6.92 Å². The van der Waals surface area contributed by atoms with Gasteiger partial charge in [-0.15, -0.1) is 11.3 Å². The maximum absolute atomic E-state index is 2.25. The van der Waals surface area contributed by atoms with E-state index < -0.39 is 0 Å². The highest BCUT2D eigenvalue weighted by Crippen LogP contribution is 2.34. The summed E-state index contributed by atoms with van der Waals surface area (Å²) < 4.78 is 0. The number of rotatable bonds is 3. The zero-order valence-electron chi connectivity index (χ0n) is 7.26. The summed E-state index contributed by atoms with van der Waals surface area (Å²) in [6, 6.07) is 4.46. The van der Waals surface area contributed by atoms with E-state index in [1.165, 1.54) is 16.2 Å². The van der Waals surface area contributed by atoms with Gasteiger partial charge in [0.05, 0.1) is 0 Å². The number of aryl methyl sites for hydroxylation is 1. The molecule has 62 valence electrons. The van der Waals surface area contributed by atoms with Crippen molar-refractivity contribution in [3.05, 3.63) is 21.9 Å². The molecule has 0 saturated heterocycles. The van der Waals surface area contributed by atoms with Crippen molar-refractivity contribution in [3.8, 4) is 0 Å². The van der Waals surface area contributed by atoms with Crippen molar-refractivity contribution in [1.29, 1.82) is 0 Å². The summed E-state index contributed by atoms with van der Waals surface area (Å²) in [6.07, 6.45) is 3.42. The molecule has 0 radical (unpaired) electrons. The SMILES string of the molecule is CCC(SC)c1ccc(C)s1. The Morgan fingerprint density at radius 3 is 2.64 bits per heavy atom. The van der Waals surface area contributed by atoms with E-state index >= 15 is 0 Å². The van der Waals surface area contributed by atoms with Gasteiger partial charge in [0.15, 0.2) is 0 Å². The highest BCUT2D eigenvalue weighted by Gasteiger charge is 2.08. The Kier molecular flexibility index (Phi) is 3.46. The van der Waals surface area contributed by atoms with E-state index in [9.17, 15) is 0 Å². The monoisotopic (exact) mass is 186 g/mol. The fourth-order valence-corrected chi connectivity index (χ4v) is 3.13. The summed E-state index contributed by atoms with van der Waals surface area (Å²) >= 11 is 3.87. The average molecular weight is 186 g/mol. The van der Waals surface area contributed by atoms with Crippen LogP contribution < -0.4 is 0 Å². The quantitative estimate of drug-likeness (QED) is 0.690. The average Bonchev–Trinajstić information content (AvgIpc) is 2.39. The normalized spacial score (nSPS) is 13.4. The highest BCUT2D eigenvalue weighted by molar-refractivity contribution is 7.98. The van der Waals surface area contributed by atoms with Crippen LogP contribution >= 0.6 is 23.1 Å². The first-order chi connectivity index (χ1) is 5.27. The van der Waals surface area contributed by atoms with Crippen molar-refractivity contribution in [2.24, 2.45) is 0 Å². The van der Waals surface area contributed by atoms with Gasteiger partial charge in [-0.1, -0.05) is 6.92 Å². The summed E-state index contributed by atoms with van der Waals surface area (Å²) in [5.74, 6) is 0. The molecular weight excluding hydrogens is 172 g/mol. The molecule has 0 aliphatic rings. The van der Waals surface area contributed by atoms with Crippen LogP contribution in [0.1, 0.15) is 28.3 Å². The van der Waals surface area contributed by atoms with Crippen LogP contribution in [0.2, 0.25) is 0 Å². The molecule has 0 bridgehead atoms. The molecule has 1 atom stereocenters. The topological polar surface area (TPSA) is 0 Å². The second kappa shape index (κ2) is 4.17. The predicted octanol–water partition coefficient (Wildman–Crippen LogP) is 3.87. The number of hydrogen-bond acceptors (Lipinski definition) is 2.